The van der Waals surface area contributed by atoms with Gasteiger partial charge in [0, 0.05) is 17.0 Å². The van der Waals surface area contributed by atoms with E-state index in [0.29, 0.717) is 23.0 Å². The number of aryl methyl sites for hydroxylation is 1. The Morgan fingerprint density at radius 2 is 2.19 bits per heavy atom. The number of rotatable bonds is 5. The van der Waals surface area contributed by atoms with E-state index in [2.05, 4.69) is 15.5 Å². The number of aromatic nitrogens is 3. The molecule has 0 radical (unpaired) electrons. The number of halogens is 1. The molecule has 112 valence electrons. The van der Waals surface area contributed by atoms with Crippen molar-refractivity contribution in [2.45, 2.75) is 25.3 Å². The number of benzene rings is 1. The van der Waals surface area contributed by atoms with Crippen molar-refractivity contribution in [3.05, 3.63) is 40.4 Å². The highest BCUT2D eigenvalue weighted by atomic mass is 35.5. The lowest BCUT2D eigenvalue weighted by Gasteiger charge is -2.09. The molecule has 5 nitrogen and oxygen atoms in total. The number of hydrogen-bond donors (Lipinski definition) is 1. The zero-order valence-corrected chi connectivity index (χ0v) is 13.8. The van der Waals surface area contributed by atoms with Gasteiger partial charge in [-0.2, -0.15) is 0 Å². The predicted octanol–water partition coefficient (Wildman–Crippen LogP) is 2.82. The smallest absolute Gasteiger partial charge is 0.252 e. The molecule has 0 spiro atoms. The molecule has 2 rings (SSSR count). The van der Waals surface area contributed by atoms with Crippen LogP contribution in [0.15, 0.2) is 23.1 Å². The molecule has 0 saturated carbocycles. The second kappa shape index (κ2) is 6.95. The average Bonchev–Trinajstić information content (AvgIpc) is 2.78. The normalized spacial score (nSPS) is 10.7. The van der Waals surface area contributed by atoms with Crippen LogP contribution in [0, 0.1) is 6.92 Å². The summed E-state index contributed by atoms with van der Waals surface area (Å²) in [6, 6.07) is 5.36. The molecule has 0 aliphatic rings. The second-order valence-corrected chi connectivity index (χ2v) is 6.22. The molecule has 1 amide bonds. The van der Waals surface area contributed by atoms with E-state index in [1.54, 1.807) is 23.9 Å². The van der Waals surface area contributed by atoms with Crippen molar-refractivity contribution in [3.63, 3.8) is 0 Å². The molecule has 0 fully saturated rings. The Morgan fingerprint density at radius 1 is 1.43 bits per heavy atom. The van der Waals surface area contributed by atoms with Gasteiger partial charge in [-0.3, -0.25) is 4.79 Å². The molecule has 0 saturated heterocycles. The summed E-state index contributed by atoms with van der Waals surface area (Å²) in [4.78, 5) is 13.3. The van der Waals surface area contributed by atoms with Crippen LogP contribution in [0.5, 0.6) is 0 Å². The van der Waals surface area contributed by atoms with Gasteiger partial charge >= 0.3 is 0 Å². The number of nitrogens with one attached hydrogen (secondary N) is 1. The summed E-state index contributed by atoms with van der Waals surface area (Å²) in [6.45, 7) is 4.24. The van der Waals surface area contributed by atoms with Crippen molar-refractivity contribution < 1.29 is 4.79 Å². The predicted molar refractivity (Wildman–Crippen MR) is 84.8 cm³/mol. The van der Waals surface area contributed by atoms with Crippen LogP contribution in [-0.2, 0) is 13.6 Å². The van der Waals surface area contributed by atoms with Crippen molar-refractivity contribution in [2.24, 2.45) is 7.05 Å². The topological polar surface area (TPSA) is 59.8 Å². The number of carbonyl (C=O) groups excluding carboxylic acids is 1. The van der Waals surface area contributed by atoms with Gasteiger partial charge in [-0.1, -0.05) is 18.5 Å². The van der Waals surface area contributed by atoms with Gasteiger partial charge in [0.25, 0.3) is 5.91 Å². The summed E-state index contributed by atoms with van der Waals surface area (Å²) < 4.78 is 1.85. The molecule has 1 N–H and O–H groups in total. The maximum atomic E-state index is 12.3. The first-order chi connectivity index (χ1) is 10.0. The first-order valence-electron chi connectivity index (χ1n) is 6.58. The Kier molecular flexibility index (Phi) is 5.25. The Morgan fingerprint density at radius 3 is 2.81 bits per heavy atom. The van der Waals surface area contributed by atoms with Gasteiger partial charge in [-0.05, 0) is 30.9 Å². The van der Waals surface area contributed by atoms with E-state index in [1.165, 1.54) is 0 Å². The number of hydrogen-bond acceptors (Lipinski definition) is 4. The minimum absolute atomic E-state index is 0.158. The van der Waals surface area contributed by atoms with Crippen molar-refractivity contribution in [3.8, 4) is 0 Å². The first-order valence-corrected chi connectivity index (χ1v) is 7.94. The Labute approximate surface area is 133 Å². The summed E-state index contributed by atoms with van der Waals surface area (Å²) in [7, 11) is 1.87. The Bertz CT molecular complexity index is 656. The number of amides is 1. The summed E-state index contributed by atoms with van der Waals surface area (Å²) >= 11 is 7.61. The van der Waals surface area contributed by atoms with Crippen LogP contribution < -0.4 is 5.32 Å². The number of nitrogens with zero attached hydrogens (tertiary/aromatic N) is 3. The maximum Gasteiger partial charge on any atom is 0.252 e. The zero-order chi connectivity index (χ0) is 15.4. The molecule has 0 aliphatic heterocycles. The van der Waals surface area contributed by atoms with Crippen LogP contribution in [0.3, 0.4) is 0 Å². The average molecular weight is 325 g/mol. The standard InChI is InChI=1S/C14H17ClN4OS/c1-4-21-12-6-5-10(15)7-11(12)14(20)16-8-13-18-17-9(2)19(13)3/h5-7H,4,8H2,1-3H3,(H,16,20). The van der Waals surface area contributed by atoms with Crippen LogP contribution in [0.4, 0.5) is 0 Å². The molecule has 1 heterocycles. The van der Waals surface area contributed by atoms with Gasteiger partial charge in [-0.15, -0.1) is 22.0 Å². The SMILES string of the molecule is CCSc1ccc(Cl)cc1C(=O)NCc1nnc(C)n1C. The fourth-order valence-electron chi connectivity index (χ4n) is 1.82. The third-order valence-electron chi connectivity index (χ3n) is 3.08. The third kappa shape index (κ3) is 3.77. The van der Waals surface area contributed by atoms with E-state index in [9.17, 15) is 4.79 Å². The van der Waals surface area contributed by atoms with E-state index >= 15 is 0 Å². The lowest BCUT2D eigenvalue weighted by molar-refractivity contribution is 0.0946. The van der Waals surface area contributed by atoms with Gasteiger partial charge in [0.15, 0.2) is 5.82 Å². The zero-order valence-electron chi connectivity index (χ0n) is 12.2. The van der Waals surface area contributed by atoms with E-state index in [0.717, 1.165) is 16.5 Å². The molecule has 21 heavy (non-hydrogen) atoms. The lowest BCUT2D eigenvalue weighted by Crippen LogP contribution is -2.25. The van der Waals surface area contributed by atoms with Gasteiger partial charge in [0.2, 0.25) is 0 Å². The number of thioether (sulfide) groups is 1. The van der Waals surface area contributed by atoms with Gasteiger partial charge < -0.3 is 9.88 Å². The van der Waals surface area contributed by atoms with Gasteiger partial charge in [-0.25, -0.2) is 0 Å². The van der Waals surface area contributed by atoms with Crippen LogP contribution in [-0.4, -0.2) is 26.4 Å². The highest BCUT2D eigenvalue weighted by molar-refractivity contribution is 7.99. The maximum absolute atomic E-state index is 12.3. The van der Waals surface area contributed by atoms with E-state index in [1.807, 2.05) is 31.5 Å². The molecular weight excluding hydrogens is 308 g/mol. The van der Waals surface area contributed by atoms with E-state index in [-0.39, 0.29) is 5.91 Å². The fourth-order valence-corrected chi connectivity index (χ4v) is 2.78. The van der Waals surface area contributed by atoms with Gasteiger partial charge in [0.05, 0.1) is 12.1 Å². The van der Waals surface area contributed by atoms with Crippen molar-refractivity contribution in [2.75, 3.05) is 5.75 Å². The summed E-state index contributed by atoms with van der Waals surface area (Å²) in [5, 5.41) is 11.4. The molecule has 7 heteroatoms. The summed E-state index contributed by atoms with van der Waals surface area (Å²) in [6.07, 6.45) is 0. The minimum Gasteiger partial charge on any atom is -0.345 e. The lowest BCUT2D eigenvalue weighted by atomic mass is 10.2. The van der Waals surface area contributed by atoms with E-state index in [4.69, 9.17) is 11.6 Å². The highest BCUT2D eigenvalue weighted by Crippen LogP contribution is 2.25. The number of carbonyl (C=O) groups is 1. The summed E-state index contributed by atoms with van der Waals surface area (Å²) in [5.41, 5.74) is 0.591. The molecular formula is C14H17ClN4OS. The quantitative estimate of drug-likeness (QED) is 0.859. The monoisotopic (exact) mass is 324 g/mol. The molecule has 0 bridgehead atoms. The molecule has 0 unspecified atom stereocenters. The molecule has 0 atom stereocenters. The van der Waals surface area contributed by atoms with Crippen LogP contribution >= 0.6 is 23.4 Å². The molecule has 2 aromatic rings. The van der Waals surface area contributed by atoms with Gasteiger partial charge in [0.1, 0.15) is 5.82 Å². The highest BCUT2D eigenvalue weighted by Gasteiger charge is 2.13. The second-order valence-electron chi connectivity index (χ2n) is 4.48. The third-order valence-corrected chi connectivity index (χ3v) is 4.27. The van der Waals surface area contributed by atoms with Crippen LogP contribution in [0.2, 0.25) is 5.02 Å². The fraction of sp³-hybridized carbons (Fsp3) is 0.357. The first kappa shape index (κ1) is 15.9. The van der Waals surface area contributed by atoms with Crippen molar-refractivity contribution in [1.82, 2.24) is 20.1 Å². The van der Waals surface area contributed by atoms with E-state index < -0.39 is 0 Å². The van der Waals surface area contributed by atoms with Crippen LogP contribution in [0.25, 0.3) is 0 Å². The summed E-state index contributed by atoms with van der Waals surface area (Å²) in [5.74, 6) is 2.26. The van der Waals surface area contributed by atoms with Crippen LogP contribution in [0.1, 0.15) is 28.9 Å². The molecule has 1 aromatic carbocycles. The molecule has 1 aromatic heterocycles. The van der Waals surface area contributed by atoms with Crippen molar-refractivity contribution in [1.29, 1.82) is 0 Å². The largest absolute Gasteiger partial charge is 0.345 e. The Balaban J connectivity index is 2.13. The molecule has 0 aliphatic carbocycles. The Hall–Kier alpha value is -1.53. The van der Waals surface area contributed by atoms with Crippen molar-refractivity contribution >= 4 is 29.3 Å². The minimum atomic E-state index is -0.158.